The van der Waals surface area contributed by atoms with Crippen LogP contribution >= 0.6 is 0 Å². The third-order valence-electron chi connectivity index (χ3n) is 3.89. The van der Waals surface area contributed by atoms with Crippen LogP contribution in [0.25, 0.3) is 0 Å². The number of aromatic nitrogens is 1. The van der Waals surface area contributed by atoms with Gasteiger partial charge in [-0.2, -0.15) is 0 Å². The van der Waals surface area contributed by atoms with E-state index in [1.807, 2.05) is 12.1 Å². The second-order valence-corrected chi connectivity index (χ2v) is 5.49. The van der Waals surface area contributed by atoms with E-state index in [1.54, 1.807) is 36.5 Å². The van der Waals surface area contributed by atoms with E-state index in [2.05, 4.69) is 4.98 Å². The molecule has 0 aliphatic carbocycles. The van der Waals surface area contributed by atoms with Crippen LogP contribution in [0, 0.1) is 0 Å². The van der Waals surface area contributed by atoms with Gasteiger partial charge < -0.3 is 23.8 Å². The Bertz CT molecular complexity index is 696. The van der Waals surface area contributed by atoms with Crippen molar-refractivity contribution in [3.8, 4) is 17.2 Å². The number of methoxy groups -OCH3 is 4. The third-order valence-corrected chi connectivity index (χ3v) is 3.89. The Morgan fingerprint density at radius 2 is 1.62 bits per heavy atom. The Balaban J connectivity index is 2.34. The fourth-order valence-corrected chi connectivity index (χ4v) is 2.55. The van der Waals surface area contributed by atoms with Crippen molar-refractivity contribution in [2.24, 2.45) is 0 Å². The predicted octanol–water partition coefficient (Wildman–Crippen LogP) is 2.40. The predicted molar refractivity (Wildman–Crippen MR) is 97.0 cm³/mol. The highest BCUT2D eigenvalue weighted by Gasteiger charge is 2.21. The molecule has 1 aromatic heterocycles. The first-order chi connectivity index (χ1) is 12.6. The minimum atomic E-state index is -0.155. The molecule has 1 heterocycles. The molecule has 0 N–H and O–H groups in total. The van der Waals surface area contributed by atoms with Crippen molar-refractivity contribution in [3.63, 3.8) is 0 Å². The largest absolute Gasteiger partial charge is 0.493 e. The number of pyridine rings is 1. The molecule has 1 aromatic carbocycles. The molecular formula is C19H24N2O5. The number of nitrogens with zero attached hydrogens (tertiary/aromatic N) is 2. The second-order valence-electron chi connectivity index (χ2n) is 5.49. The molecule has 7 heteroatoms. The lowest BCUT2D eigenvalue weighted by Gasteiger charge is -2.23. The van der Waals surface area contributed by atoms with Crippen LogP contribution in [0.3, 0.4) is 0 Å². The van der Waals surface area contributed by atoms with E-state index in [1.165, 1.54) is 21.3 Å². The molecular weight excluding hydrogens is 336 g/mol. The van der Waals surface area contributed by atoms with E-state index >= 15 is 0 Å². The molecule has 0 fully saturated rings. The van der Waals surface area contributed by atoms with Crippen molar-refractivity contribution >= 4 is 5.91 Å². The lowest BCUT2D eigenvalue weighted by molar-refractivity contribution is 0.0679. The van der Waals surface area contributed by atoms with E-state index < -0.39 is 0 Å². The number of hydrogen-bond acceptors (Lipinski definition) is 6. The van der Waals surface area contributed by atoms with Crippen LogP contribution < -0.4 is 14.2 Å². The number of benzene rings is 1. The van der Waals surface area contributed by atoms with Gasteiger partial charge in [0.2, 0.25) is 5.75 Å². The van der Waals surface area contributed by atoms with Crippen LogP contribution in [0.5, 0.6) is 17.2 Å². The van der Waals surface area contributed by atoms with Crippen LogP contribution in [-0.2, 0) is 11.3 Å². The molecule has 0 bridgehead atoms. The number of amides is 1. The smallest absolute Gasteiger partial charge is 0.254 e. The Kier molecular flexibility index (Phi) is 7.23. The fraction of sp³-hybridized carbons (Fsp3) is 0.368. The molecule has 2 rings (SSSR count). The van der Waals surface area contributed by atoms with Crippen LogP contribution in [0.15, 0.2) is 36.7 Å². The van der Waals surface area contributed by atoms with E-state index in [0.29, 0.717) is 42.5 Å². The Morgan fingerprint density at radius 1 is 1.00 bits per heavy atom. The summed E-state index contributed by atoms with van der Waals surface area (Å²) >= 11 is 0. The van der Waals surface area contributed by atoms with Gasteiger partial charge in [-0.15, -0.1) is 0 Å². The van der Waals surface area contributed by atoms with Crippen molar-refractivity contribution in [2.75, 3.05) is 41.6 Å². The fourth-order valence-electron chi connectivity index (χ4n) is 2.55. The minimum absolute atomic E-state index is 0.155. The average molecular weight is 360 g/mol. The highest BCUT2D eigenvalue weighted by atomic mass is 16.5. The molecule has 0 saturated heterocycles. The molecule has 0 aliphatic heterocycles. The number of hydrogen-bond donors (Lipinski definition) is 0. The third kappa shape index (κ3) is 4.64. The Labute approximate surface area is 153 Å². The maximum Gasteiger partial charge on any atom is 0.254 e. The zero-order valence-electron chi connectivity index (χ0n) is 15.5. The van der Waals surface area contributed by atoms with Crippen molar-refractivity contribution in [1.29, 1.82) is 0 Å². The lowest BCUT2D eigenvalue weighted by Crippen LogP contribution is -2.33. The Morgan fingerprint density at radius 3 is 2.12 bits per heavy atom. The lowest BCUT2D eigenvalue weighted by atomic mass is 10.1. The van der Waals surface area contributed by atoms with Gasteiger partial charge in [-0.1, -0.05) is 0 Å². The minimum Gasteiger partial charge on any atom is -0.493 e. The summed E-state index contributed by atoms with van der Waals surface area (Å²) in [6.45, 7) is 1.33. The number of rotatable bonds is 9. The highest BCUT2D eigenvalue weighted by molar-refractivity contribution is 5.95. The van der Waals surface area contributed by atoms with Gasteiger partial charge in [0.25, 0.3) is 5.91 Å². The van der Waals surface area contributed by atoms with Gasteiger partial charge in [-0.25, -0.2) is 0 Å². The Hall–Kier alpha value is -2.80. The van der Waals surface area contributed by atoms with Gasteiger partial charge in [0, 0.05) is 38.2 Å². The van der Waals surface area contributed by atoms with E-state index in [0.717, 1.165) is 5.56 Å². The van der Waals surface area contributed by atoms with E-state index in [9.17, 15) is 4.79 Å². The summed E-state index contributed by atoms with van der Waals surface area (Å²) in [5, 5.41) is 0. The molecule has 140 valence electrons. The summed E-state index contributed by atoms with van der Waals surface area (Å²) < 4.78 is 21.1. The standard InChI is InChI=1S/C19H24N2O5/c1-23-10-9-21(13-14-5-7-20-8-6-14)19(22)15-11-16(24-2)18(26-4)17(12-15)25-3/h5-8,11-12H,9-10,13H2,1-4H3. The summed E-state index contributed by atoms with van der Waals surface area (Å²) in [6, 6.07) is 7.05. The van der Waals surface area contributed by atoms with Gasteiger partial charge in [0.15, 0.2) is 11.5 Å². The molecule has 0 atom stereocenters. The van der Waals surface area contributed by atoms with Crippen LogP contribution in [0.1, 0.15) is 15.9 Å². The second kappa shape index (κ2) is 9.62. The van der Waals surface area contributed by atoms with Crippen LogP contribution in [0.2, 0.25) is 0 Å². The molecule has 26 heavy (non-hydrogen) atoms. The maximum absolute atomic E-state index is 13.1. The monoisotopic (exact) mass is 360 g/mol. The van der Waals surface area contributed by atoms with Gasteiger partial charge in [0.1, 0.15) is 0 Å². The van der Waals surface area contributed by atoms with E-state index in [-0.39, 0.29) is 5.91 Å². The number of carbonyl (C=O) groups excluding carboxylic acids is 1. The quantitative estimate of drug-likeness (QED) is 0.684. The average Bonchev–Trinajstić information content (AvgIpc) is 2.70. The zero-order chi connectivity index (χ0) is 18.9. The van der Waals surface area contributed by atoms with E-state index in [4.69, 9.17) is 18.9 Å². The van der Waals surface area contributed by atoms with Crippen LogP contribution in [-0.4, -0.2) is 57.4 Å². The van der Waals surface area contributed by atoms with Crippen molar-refractivity contribution < 1.29 is 23.7 Å². The molecule has 0 aliphatic rings. The molecule has 1 amide bonds. The van der Waals surface area contributed by atoms with Crippen LogP contribution in [0.4, 0.5) is 0 Å². The first-order valence-corrected chi connectivity index (χ1v) is 8.11. The SMILES string of the molecule is COCCN(Cc1ccncc1)C(=O)c1cc(OC)c(OC)c(OC)c1. The van der Waals surface area contributed by atoms with Gasteiger partial charge in [-0.05, 0) is 29.8 Å². The number of ether oxygens (including phenoxy) is 4. The molecule has 0 unspecified atom stereocenters. The number of carbonyl (C=O) groups is 1. The van der Waals surface area contributed by atoms with Gasteiger partial charge >= 0.3 is 0 Å². The van der Waals surface area contributed by atoms with Crippen molar-refractivity contribution in [1.82, 2.24) is 9.88 Å². The summed E-state index contributed by atoms with van der Waals surface area (Å²) in [7, 11) is 6.17. The molecule has 0 radical (unpaired) electrons. The highest BCUT2D eigenvalue weighted by Crippen LogP contribution is 2.38. The zero-order valence-corrected chi connectivity index (χ0v) is 15.5. The first-order valence-electron chi connectivity index (χ1n) is 8.11. The van der Waals surface area contributed by atoms with Crippen molar-refractivity contribution in [3.05, 3.63) is 47.8 Å². The molecule has 0 saturated carbocycles. The van der Waals surface area contributed by atoms with Gasteiger partial charge in [0.05, 0.1) is 27.9 Å². The first kappa shape index (κ1) is 19.5. The molecule has 0 spiro atoms. The topological polar surface area (TPSA) is 70.1 Å². The molecule has 7 nitrogen and oxygen atoms in total. The normalized spacial score (nSPS) is 10.3. The maximum atomic E-state index is 13.1. The summed E-state index contributed by atoms with van der Waals surface area (Å²) in [5.41, 5.74) is 1.43. The van der Waals surface area contributed by atoms with Gasteiger partial charge in [-0.3, -0.25) is 9.78 Å². The van der Waals surface area contributed by atoms with Crippen molar-refractivity contribution in [2.45, 2.75) is 6.54 Å². The summed E-state index contributed by atoms with van der Waals surface area (Å²) in [6.07, 6.45) is 3.40. The summed E-state index contributed by atoms with van der Waals surface area (Å²) in [5.74, 6) is 1.17. The summed E-state index contributed by atoms with van der Waals surface area (Å²) in [4.78, 5) is 18.8. The molecule has 2 aromatic rings.